The number of urea groups is 1. The van der Waals surface area contributed by atoms with E-state index in [1.807, 2.05) is 24.7 Å². The maximum atomic E-state index is 12.0. The van der Waals surface area contributed by atoms with Crippen molar-refractivity contribution in [3.05, 3.63) is 17.5 Å². The molecule has 2 amide bonds. The highest BCUT2D eigenvalue weighted by Gasteiger charge is 2.24. The molecule has 0 radical (unpaired) electrons. The fourth-order valence-electron chi connectivity index (χ4n) is 3.17. The molecule has 0 unspecified atom stereocenters. The van der Waals surface area contributed by atoms with Gasteiger partial charge < -0.3 is 10.6 Å². The summed E-state index contributed by atoms with van der Waals surface area (Å²) in [6, 6.07) is 2.25. The fraction of sp³-hybridized carbons (Fsp3) is 0.750. The lowest BCUT2D eigenvalue weighted by Crippen LogP contribution is -2.43. The van der Waals surface area contributed by atoms with Gasteiger partial charge in [0.15, 0.2) is 0 Å². The minimum atomic E-state index is -0.0677. The molecule has 1 aromatic heterocycles. The van der Waals surface area contributed by atoms with E-state index < -0.39 is 0 Å². The Balaban J connectivity index is 1.72. The molecule has 1 aromatic rings. The average molecular weight is 292 g/mol. The summed E-state index contributed by atoms with van der Waals surface area (Å²) in [5.74, 6) is 1.58. The zero-order chi connectivity index (χ0) is 15.4. The number of aryl methyl sites for hydroxylation is 2. The summed E-state index contributed by atoms with van der Waals surface area (Å²) in [5, 5.41) is 10.3. The highest BCUT2D eigenvalue weighted by molar-refractivity contribution is 5.74. The topological polar surface area (TPSA) is 59.0 Å². The van der Waals surface area contributed by atoms with Crippen molar-refractivity contribution < 1.29 is 4.79 Å². The van der Waals surface area contributed by atoms with Crippen LogP contribution in [0.3, 0.4) is 0 Å². The number of rotatable bonds is 4. The third-order valence-electron chi connectivity index (χ3n) is 4.58. The Morgan fingerprint density at radius 3 is 2.57 bits per heavy atom. The zero-order valence-electron chi connectivity index (χ0n) is 13.6. The van der Waals surface area contributed by atoms with Gasteiger partial charge in [-0.15, -0.1) is 0 Å². The van der Waals surface area contributed by atoms with E-state index >= 15 is 0 Å². The molecule has 1 heterocycles. The van der Waals surface area contributed by atoms with Gasteiger partial charge in [0.25, 0.3) is 0 Å². The first kappa shape index (κ1) is 15.9. The standard InChI is InChI=1S/C16H28N4O/c1-11(2)13-5-7-14(8-6-13)18-16(21)17-10-15-9-12(3)19-20(15)4/h9,11,13-14H,5-8,10H2,1-4H3,(H2,17,18,21). The van der Waals surface area contributed by atoms with Crippen LogP contribution in [-0.4, -0.2) is 21.9 Å². The largest absolute Gasteiger partial charge is 0.335 e. The monoisotopic (exact) mass is 292 g/mol. The van der Waals surface area contributed by atoms with Gasteiger partial charge in [-0.3, -0.25) is 4.68 Å². The third kappa shape index (κ3) is 4.48. The number of nitrogens with zero attached hydrogens (tertiary/aromatic N) is 2. The summed E-state index contributed by atoms with van der Waals surface area (Å²) in [7, 11) is 1.90. The first-order valence-electron chi connectivity index (χ1n) is 7.99. The van der Waals surface area contributed by atoms with Gasteiger partial charge in [0.2, 0.25) is 0 Å². The van der Waals surface area contributed by atoms with Crippen LogP contribution >= 0.6 is 0 Å². The Morgan fingerprint density at radius 2 is 2.05 bits per heavy atom. The average Bonchev–Trinajstić information content (AvgIpc) is 2.75. The Hall–Kier alpha value is -1.52. The molecular weight excluding hydrogens is 264 g/mol. The van der Waals surface area contributed by atoms with Gasteiger partial charge >= 0.3 is 6.03 Å². The summed E-state index contributed by atoms with van der Waals surface area (Å²) >= 11 is 0. The zero-order valence-corrected chi connectivity index (χ0v) is 13.6. The number of aromatic nitrogens is 2. The van der Waals surface area contributed by atoms with Crippen molar-refractivity contribution in [1.82, 2.24) is 20.4 Å². The molecule has 0 saturated heterocycles. The lowest BCUT2D eigenvalue weighted by molar-refractivity contribution is 0.215. The molecule has 0 aromatic carbocycles. The van der Waals surface area contributed by atoms with Crippen molar-refractivity contribution in [1.29, 1.82) is 0 Å². The van der Waals surface area contributed by atoms with E-state index in [1.165, 1.54) is 12.8 Å². The number of amides is 2. The van der Waals surface area contributed by atoms with Crippen molar-refractivity contribution in [2.45, 2.75) is 59.0 Å². The minimum absolute atomic E-state index is 0.0677. The van der Waals surface area contributed by atoms with E-state index in [0.717, 1.165) is 36.1 Å². The molecule has 2 rings (SSSR count). The first-order chi connectivity index (χ1) is 9.95. The van der Waals surface area contributed by atoms with E-state index in [0.29, 0.717) is 12.6 Å². The number of nitrogens with one attached hydrogen (secondary N) is 2. The Kier molecular flexibility index (Phi) is 5.26. The van der Waals surface area contributed by atoms with Crippen molar-refractivity contribution in [3.63, 3.8) is 0 Å². The quantitative estimate of drug-likeness (QED) is 0.896. The minimum Gasteiger partial charge on any atom is -0.335 e. The number of carbonyl (C=O) groups excluding carboxylic acids is 1. The number of carbonyl (C=O) groups is 1. The molecule has 2 N–H and O–H groups in total. The van der Waals surface area contributed by atoms with E-state index in [9.17, 15) is 4.79 Å². The molecule has 0 bridgehead atoms. The summed E-state index contributed by atoms with van der Waals surface area (Å²) in [5.41, 5.74) is 1.99. The Labute approximate surface area is 127 Å². The van der Waals surface area contributed by atoms with Crippen molar-refractivity contribution in [2.24, 2.45) is 18.9 Å². The van der Waals surface area contributed by atoms with E-state index in [4.69, 9.17) is 0 Å². The van der Waals surface area contributed by atoms with Crippen LogP contribution in [0.15, 0.2) is 6.07 Å². The van der Waals surface area contributed by atoms with Gasteiger partial charge in [0, 0.05) is 13.1 Å². The molecule has 0 atom stereocenters. The van der Waals surface area contributed by atoms with Gasteiger partial charge in [0.1, 0.15) is 0 Å². The third-order valence-corrected chi connectivity index (χ3v) is 4.58. The van der Waals surface area contributed by atoms with Crippen LogP contribution in [0, 0.1) is 18.8 Å². The second kappa shape index (κ2) is 6.96. The van der Waals surface area contributed by atoms with E-state index in [1.54, 1.807) is 0 Å². The predicted molar refractivity (Wildman–Crippen MR) is 83.9 cm³/mol. The van der Waals surface area contributed by atoms with Crippen LogP contribution in [0.5, 0.6) is 0 Å². The summed E-state index contributed by atoms with van der Waals surface area (Å²) in [4.78, 5) is 12.0. The summed E-state index contributed by atoms with van der Waals surface area (Å²) < 4.78 is 1.81. The molecule has 1 saturated carbocycles. The van der Waals surface area contributed by atoms with Crippen molar-refractivity contribution >= 4 is 6.03 Å². The normalized spacial score (nSPS) is 22.3. The van der Waals surface area contributed by atoms with Gasteiger partial charge in [-0.1, -0.05) is 13.8 Å². The van der Waals surface area contributed by atoms with Gasteiger partial charge in [-0.25, -0.2) is 4.79 Å². The number of hydrogen-bond donors (Lipinski definition) is 2. The van der Waals surface area contributed by atoms with Crippen molar-refractivity contribution in [3.8, 4) is 0 Å². The van der Waals surface area contributed by atoms with Crippen LogP contribution in [0.1, 0.15) is 50.9 Å². The van der Waals surface area contributed by atoms with Crippen LogP contribution in [-0.2, 0) is 13.6 Å². The second-order valence-corrected chi connectivity index (χ2v) is 6.58. The predicted octanol–water partition coefficient (Wildman–Crippen LogP) is 2.74. The molecule has 1 fully saturated rings. The number of hydrogen-bond acceptors (Lipinski definition) is 2. The Morgan fingerprint density at radius 1 is 1.38 bits per heavy atom. The first-order valence-corrected chi connectivity index (χ1v) is 7.99. The molecule has 118 valence electrons. The van der Waals surface area contributed by atoms with Crippen molar-refractivity contribution in [2.75, 3.05) is 0 Å². The van der Waals surface area contributed by atoms with E-state index in [-0.39, 0.29) is 6.03 Å². The smallest absolute Gasteiger partial charge is 0.315 e. The molecule has 1 aliphatic carbocycles. The van der Waals surface area contributed by atoms with Crippen LogP contribution in [0.25, 0.3) is 0 Å². The van der Waals surface area contributed by atoms with Gasteiger partial charge in [-0.2, -0.15) is 5.10 Å². The SMILES string of the molecule is Cc1cc(CNC(=O)NC2CCC(C(C)C)CC2)n(C)n1. The highest BCUT2D eigenvalue weighted by atomic mass is 16.2. The van der Waals surface area contributed by atoms with Crippen LogP contribution in [0.2, 0.25) is 0 Å². The lowest BCUT2D eigenvalue weighted by Gasteiger charge is -2.31. The molecule has 0 spiro atoms. The maximum Gasteiger partial charge on any atom is 0.315 e. The fourth-order valence-corrected chi connectivity index (χ4v) is 3.17. The van der Waals surface area contributed by atoms with Crippen LogP contribution < -0.4 is 10.6 Å². The summed E-state index contributed by atoms with van der Waals surface area (Å²) in [6.45, 7) is 7.06. The van der Waals surface area contributed by atoms with Crippen LogP contribution in [0.4, 0.5) is 4.79 Å². The molecule has 5 nitrogen and oxygen atoms in total. The molecule has 5 heteroatoms. The lowest BCUT2D eigenvalue weighted by atomic mass is 9.80. The molecular formula is C16H28N4O. The Bertz CT molecular complexity index is 473. The van der Waals surface area contributed by atoms with Gasteiger partial charge in [0.05, 0.1) is 17.9 Å². The molecule has 0 aliphatic heterocycles. The maximum absolute atomic E-state index is 12.0. The second-order valence-electron chi connectivity index (χ2n) is 6.58. The molecule has 1 aliphatic rings. The highest BCUT2D eigenvalue weighted by Crippen LogP contribution is 2.29. The van der Waals surface area contributed by atoms with E-state index in [2.05, 4.69) is 29.6 Å². The van der Waals surface area contributed by atoms with Gasteiger partial charge in [-0.05, 0) is 50.5 Å². The summed E-state index contributed by atoms with van der Waals surface area (Å²) in [6.07, 6.45) is 4.65. The molecule has 21 heavy (non-hydrogen) atoms.